The van der Waals surface area contributed by atoms with E-state index in [-0.39, 0.29) is 18.2 Å². The zero-order valence-electron chi connectivity index (χ0n) is 15.5. The highest BCUT2D eigenvalue weighted by atomic mass is 16.5. The molecule has 1 aliphatic rings. The van der Waals surface area contributed by atoms with E-state index >= 15 is 0 Å². The lowest BCUT2D eigenvalue weighted by Crippen LogP contribution is -2.59. The van der Waals surface area contributed by atoms with Crippen LogP contribution in [0.1, 0.15) is 25.7 Å². The van der Waals surface area contributed by atoms with Crippen molar-refractivity contribution in [2.45, 2.75) is 37.5 Å². The summed E-state index contributed by atoms with van der Waals surface area (Å²) in [4.78, 5) is 13.9. The summed E-state index contributed by atoms with van der Waals surface area (Å²) in [6.07, 6.45) is 2.73. The fourth-order valence-electron chi connectivity index (χ4n) is 3.86. The number of anilines is 1. The molecule has 0 aliphatic heterocycles. The second kappa shape index (κ2) is 8.75. The van der Waals surface area contributed by atoms with E-state index < -0.39 is 18.6 Å². The first-order valence-corrected chi connectivity index (χ1v) is 9.00. The van der Waals surface area contributed by atoms with Crippen molar-refractivity contribution in [2.75, 3.05) is 25.6 Å². The van der Waals surface area contributed by atoms with E-state index in [0.717, 1.165) is 17.9 Å². The van der Waals surface area contributed by atoms with Gasteiger partial charge >= 0.3 is 13.1 Å². The molecule has 2 rings (SSSR count). The lowest BCUT2D eigenvalue weighted by molar-refractivity contribution is -0.147. The van der Waals surface area contributed by atoms with E-state index in [4.69, 9.17) is 20.5 Å². The van der Waals surface area contributed by atoms with Crippen molar-refractivity contribution in [3.05, 3.63) is 24.3 Å². The first kappa shape index (κ1) is 20.5. The third-order valence-corrected chi connectivity index (χ3v) is 5.52. The van der Waals surface area contributed by atoms with Gasteiger partial charge in [-0.15, -0.1) is 0 Å². The molecular weight excluding hydrogens is 335 g/mol. The minimum Gasteiger partial charge on any atom is -0.497 e. The zero-order valence-corrected chi connectivity index (χ0v) is 15.5. The molecule has 0 saturated heterocycles. The molecule has 8 heteroatoms. The number of carbonyl (C=O) groups is 1. The molecule has 0 bridgehead atoms. The number of methoxy groups -OCH3 is 1. The molecule has 1 aromatic carbocycles. The number of ether oxygens (including phenoxy) is 1. The summed E-state index contributed by atoms with van der Waals surface area (Å²) < 4.78 is 5.16. The van der Waals surface area contributed by atoms with Crippen LogP contribution in [0.25, 0.3) is 0 Å². The number of aliphatic carboxylic acids is 1. The van der Waals surface area contributed by atoms with Crippen molar-refractivity contribution >= 4 is 18.8 Å². The van der Waals surface area contributed by atoms with Gasteiger partial charge in [-0.2, -0.15) is 0 Å². The quantitative estimate of drug-likeness (QED) is 0.512. The fourth-order valence-corrected chi connectivity index (χ4v) is 3.86. The second-order valence-electron chi connectivity index (χ2n) is 7.33. The van der Waals surface area contributed by atoms with Gasteiger partial charge in [0.2, 0.25) is 0 Å². The zero-order chi connectivity index (χ0) is 19.3. The average Bonchev–Trinajstić information content (AvgIpc) is 2.61. The van der Waals surface area contributed by atoms with E-state index in [1.54, 1.807) is 7.11 Å². The minimum atomic E-state index is -1.36. The number of hydrogen-bond donors (Lipinski definition) is 4. The van der Waals surface area contributed by atoms with Gasteiger partial charge in [0.1, 0.15) is 11.3 Å². The van der Waals surface area contributed by atoms with E-state index in [1.165, 1.54) is 0 Å². The van der Waals surface area contributed by atoms with Gasteiger partial charge in [0.05, 0.1) is 7.11 Å². The van der Waals surface area contributed by atoms with Gasteiger partial charge < -0.3 is 30.5 Å². The third-order valence-electron chi connectivity index (χ3n) is 5.52. The van der Waals surface area contributed by atoms with Gasteiger partial charge in [0, 0.05) is 25.2 Å². The van der Waals surface area contributed by atoms with Gasteiger partial charge in [-0.1, -0.05) is 6.42 Å². The predicted octanol–water partition coefficient (Wildman–Crippen LogP) is 1.19. The van der Waals surface area contributed by atoms with Crippen LogP contribution in [-0.2, 0) is 4.79 Å². The standard InChI is InChI=1S/C18H29BN2O5/c1-21(15-5-7-16(26-2)8-6-15)12-14-4-3-13(9-10-19(24)25)11-18(14,20)17(22)23/h5-8,13-14,24-25H,3-4,9-12,20H2,1-2H3,(H,22,23). The maximum Gasteiger partial charge on any atom is 0.451 e. The van der Waals surface area contributed by atoms with Crippen LogP contribution >= 0.6 is 0 Å². The Kier molecular flexibility index (Phi) is 6.91. The van der Waals surface area contributed by atoms with Gasteiger partial charge in [-0.25, -0.2) is 0 Å². The fraction of sp³-hybridized carbons (Fsp3) is 0.611. The lowest BCUT2D eigenvalue weighted by atomic mass is 9.66. The van der Waals surface area contributed by atoms with Crippen LogP contribution in [0.2, 0.25) is 6.32 Å². The highest BCUT2D eigenvalue weighted by molar-refractivity contribution is 6.40. The molecule has 1 fully saturated rings. The molecule has 0 radical (unpaired) electrons. The van der Waals surface area contributed by atoms with Crippen LogP contribution in [0, 0.1) is 11.8 Å². The Hall–Kier alpha value is -1.77. The highest BCUT2D eigenvalue weighted by Gasteiger charge is 2.47. The Balaban J connectivity index is 2.05. The number of rotatable bonds is 8. The van der Waals surface area contributed by atoms with Gasteiger partial charge in [0.15, 0.2) is 0 Å². The molecule has 0 aromatic heterocycles. The number of nitrogens with two attached hydrogens (primary N) is 1. The summed E-state index contributed by atoms with van der Waals surface area (Å²) in [7, 11) is 2.19. The van der Waals surface area contributed by atoms with Crippen LogP contribution in [-0.4, -0.2) is 54.5 Å². The number of hydrogen-bond acceptors (Lipinski definition) is 6. The van der Waals surface area contributed by atoms with E-state index in [1.807, 2.05) is 36.2 Å². The third kappa shape index (κ3) is 4.90. The summed E-state index contributed by atoms with van der Waals surface area (Å²) >= 11 is 0. The SMILES string of the molecule is COc1ccc(N(C)CC2CCC(CCB(O)O)CC2(N)C(=O)O)cc1. The summed E-state index contributed by atoms with van der Waals surface area (Å²) in [5, 5.41) is 27.9. The van der Waals surface area contributed by atoms with E-state index in [2.05, 4.69) is 0 Å². The number of nitrogens with zero attached hydrogens (tertiary/aromatic N) is 1. The highest BCUT2D eigenvalue weighted by Crippen LogP contribution is 2.39. The molecule has 26 heavy (non-hydrogen) atoms. The number of benzene rings is 1. The van der Waals surface area contributed by atoms with Crippen molar-refractivity contribution in [3.63, 3.8) is 0 Å². The Bertz CT molecular complexity index is 598. The summed E-state index contributed by atoms with van der Waals surface area (Å²) in [5.41, 5.74) is 6.02. The second-order valence-corrected chi connectivity index (χ2v) is 7.33. The van der Waals surface area contributed by atoms with Crippen LogP contribution in [0.5, 0.6) is 5.75 Å². The van der Waals surface area contributed by atoms with E-state index in [0.29, 0.717) is 25.8 Å². The summed E-state index contributed by atoms with van der Waals surface area (Å²) in [6, 6.07) is 7.61. The van der Waals surface area contributed by atoms with E-state index in [9.17, 15) is 9.90 Å². The minimum absolute atomic E-state index is 0.0976. The molecule has 7 nitrogen and oxygen atoms in total. The van der Waals surface area contributed by atoms with Crippen molar-refractivity contribution in [1.29, 1.82) is 0 Å². The molecule has 1 saturated carbocycles. The molecular formula is C18H29BN2O5. The Morgan fingerprint density at radius 1 is 1.35 bits per heavy atom. The topological polar surface area (TPSA) is 116 Å². The Morgan fingerprint density at radius 2 is 2.00 bits per heavy atom. The van der Waals surface area contributed by atoms with Crippen LogP contribution in [0.15, 0.2) is 24.3 Å². The number of carboxylic acids is 1. The monoisotopic (exact) mass is 364 g/mol. The average molecular weight is 364 g/mol. The smallest absolute Gasteiger partial charge is 0.451 e. The van der Waals surface area contributed by atoms with Crippen LogP contribution < -0.4 is 15.4 Å². The molecule has 3 unspecified atom stereocenters. The lowest BCUT2D eigenvalue weighted by Gasteiger charge is -2.43. The maximum absolute atomic E-state index is 11.9. The first-order valence-electron chi connectivity index (χ1n) is 9.00. The normalized spacial score (nSPS) is 25.6. The van der Waals surface area contributed by atoms with Crippen molar-refractivity contribution in [2.24, 2.45) is 17.6 Å². The molecule has 0 amide bonds. The van der Waals surface area contributed by atoms with Gasteiger partial charge in [-0.05, 0) is 55.8 Å². The molecule has 1 aliphatic carbocycles. The predicted molar refractivity (Wildman–Crippen MR) is 101 cm³/mol. The summed E-state index contributed by atoms with van der Waals surface area (Å²) in [6.45, 7) is 0.546. The summed E-state index contributed by atoms with van der Waals surface area (Å²) in [5.74, 6) is -0.296. The van der Waals surface area contributed by atoms with Crippen LogP contribution in [0.3, 0.4) is 0 Å². The molecule has 1 aromatic rings. The Morgan fingerprint density at radius 3 is 2.54 bits per heavy atom. The van der Waals surface area contributed by atoms with Gasteiger partial charge in [0.25, 0.3) is 0 Å². The largest absolute Gasteiger partial charge is 0.497 e. The molecule has 3 atom stereocenters. The molecule has 5 N–H and O–H groups in total. The molecule has 0 spiro atoms. The number of carboxylic acid groups (broad SMARTS) is 1. The van der Waals surface area contributed by atoms with Crippen molar-refractivity contribution < 1.29 is 24.7 Å². The van der Waals surface area contributed by atoms with Crippen LogP contribution in [0.4, 0.5) is 5.69 Å². The molecule has 0 heterocycles. The van der Waals surface area contributed by atoms with Gasteiger partial charge in [-0.3, -0.25) is 4.79 Å². The Labute approximate surface area is 154 Å². The van der Waals surface area contributed by atoms with Crippen molar-refractivity contribution in [3.8, 4) is 5.75 Å². The maximum atomic E-state index is 11.9. The molecule has 144 valence electrons. The first-order chi connectivity index (χ1) is 12.3. The van der Waals surface area contributed by atoms with Crippen molar-refractivity contribution in [1.82, 2.24) is 0 Å².